The van der Waals surface area contributed by atoms with E-state index in [9.17, 15) is 24.6 Å². The number of carboxylic acids is 1. The number of aliphatic hydroxyl groups excluding tert-OH is 2. The van der Waals surface area contributed by atoms with Gasteiger partial charge in [-0.25, -0.2) is 9.78 Å². The summed E-state index contributed by atoms with van der Waals surface area (Å²) in [5.74, 6) is -2.81. The lowest BCUT2D eigenvalue weighted by Crippen LogP contribution is -2.63. The first-order valence-corrected chi connectivity index (χ1v) is 10.7. The number of hydrogen-bond donors (Lipinski definition) is 4. The third kappa shape index (κ3) is 3.82. The molecule has 0 aliphatic carbocycles. The average Bonchev–Trinajstić information content (AvgIpc) is 3.21. The Kier molecular flexibility index (Phi) is 6.42. The number of aliphatic carboxylic acids is 1. The minimum Gasteiger partial charge on any atom is -0.477 e. The molecule has 1 aromatic heterocycles. The van der Waals surface area contributed by atoms with Gasteiger partial charge < -0.3 is 25.5 Å². The molecule has 0 unspecified atom stereocenters. The zero-order valence-corrected chi connectivity index (χ0v) is 17.4. The molecule has 0 spiro atoms. The predicted molar refractivity (Wildman–Crippen MR) is 108 cm³/mol. The molecule has 2 aliphatic heterocycles. The number of amides is 2. The van der Waals surface area contributed by atoms with Crippen LogP contribution < -0.4 is 5.32 Å². The molecule has 4 atom stereocenters. The highest BCUT2D eigenvalue weighted by molar-refractivity contribution is 8.06. The number of hydrogen-bond acceptors (Lipinski definition) is 8. The molecule has 2 aliphatic rings. The summed E-state index contributed by atoms with van der Waals surface area (Å²) in [6, 6.07) is -0.368. The van der Waals surface area contributed by atoms with Gasteiger partial charge in [0.05, 0.1) is 35.1 Å². The molecule has 3 heterocycles. The Morgan fingerprint density at radius 2 is 2.21 bits per heavy atom. The highest BCUT2D eigenvalue weighted by Crippen LogP contribution is 2.50. The monoisotopic (exact) mass is 439 g/mol. The first-order valence-electron chi connectivity index (χ1n) is 8.93. The fraction of sp³-hybridized carbons (Fsp3) is 0.444. The highest BCUT2D eigenvalue weighted by Gasteiger charge is 2.59. The molecule has 11 heteroatoms. The normalized spacial score (nSPS) is 24.6. The summed E-state index contributed by atoms with van der Waals surface area (Å²) in [5, 5.41) is 32.5. The van der Waals surface area contributed by atoms with Crippen molar-refractivity contribution in [1.82, 2.24) is 15.2 Å². The SMILES string of the molecule is C[C@@H](O)[C@H]1C(=O)N2C(C(=O)O)=C(SC=Cc3scnc3C(=O)NCCO)[C@H](C)[C@H]12. The summed E-state index contributed by atoms with van der Waals surface area (Å²) in [7, 11) is 0. The van der Waals surface area contributed by atoms with Crippen molar-refractivity contribution < 1.29 is 29.7 Å². The molecule has 29 heavy (non-hydrogen) atoms. The second-order valence-corrected chi connectivity index (χ2v) is 8.57. The van der Waals surface area contributed by atoms with Gasteiger partial charge in [-0.1, -0.05) is 18.7 Å². The number of fused-ring (bicyclic) bond motifs is 1. The molecule has 0 bridgehead atoms. The van der Waals surface area contributed by atoms with Gasteiger partial charge in [0.1, 0.15) is 11.4 Å². The molecule has 0 radical (unpaired) electrons. The maximum Gasteiger partial charge on any atom is 0.353 e. The number of carbonyl (C=O) groups excluding carboxylic acids is 2. The first-order chi connectivity index (χ1) is 13.8. The molecule has 1 aromatic rings. The predicted octanol–water partition coefficient (Wildman–Crippen LogP) is 0.723. The third-order valence-corrected chi connectivity index (χ3v) is 6.82. The number of carboxylic acid groups (broad SMARTS) is 1. The van der Waals surface area contributed by atoms with Gasteiger partial charge in [-0.2, -0.15) is 0 Å². The average molecular weight is 440 g/mol. The van der Waals surface area contributed by atoms with Crippen molar-refractivity contribution in [3.05, 3.63) is 32.1 Å². The van der Waals surface area contributed by atoms with Gasteiger partial charge in [0.15, 0.2) is 0 Å². The summed E-state index contributed by atoms with van der Waals surface area (Å²) in [4.78, 5) is 42.6. The third-order valence-electron chi connectivity index (χ3n) is 4.93. The molecular formula is C18H21N3O6S2. The van der Waals surface area contributed by atoms with Crippen LogP contribution in [0.1, 0.15) is 29.2 Å². The van der Waals surface area contributed by atoms with Crippen LogP contribution in [0, 0.1) is 11.8 Å². The van der Waals surface area contributed by atoms with E-state index in [1.807, 2.05) is 6.92 Å². The minimum absolute atomic E-state index is 0.0516. The van der Waals surface area contributed by atoms with Crippen LogP contribution in [0.25, 0.3) is 6.08 Å². The van der Waals surface area contributed by atoms with E-state index in [2.05, 4.69) is 10.3 Å². The Hall–Kier alpha value is -2.21. The minimum atomic E-state index is -1.19. The van der Waals surface area contributed by atoms with Gasteiger partial charge in [0.2, 0.25) is 5.91 Å². The largest absolute Gasteiger partial charge is 0.477 e. The number of β-lactam (4-membered cyclic amide) rings is 1. The smallest absolute Gasteiger partial charge is 0.353 e. The fourth-order valence-corrected chi connectivity index (χ4v) is 5.41. The molecule has 156 valence electrons. The van der Waals surface area contributed by atoms with Gasteiger partial charge >= 0.3 is 5.97 Å². The number of carbonyl (C=O) groups is 3. The van der Waals surface area contributed by atoms with Crippen LogP contribution in [0.3, 0.4) is 0 Å². The van der Waals surface area contributed by atoms with E-state index in [1.54, 1.807) is 11.5 Å². The summed E-state index contributed by atoms with van der Waals surface area (Å²) in [5.41, 5.74) is 1.69. The lowest BCUT2D eigenvalue weighted by Gasteiger charge is -2.46. The van der Waals surface area contributed by atoms with Crippen molar-refractivity contribution in [1.29, 1.82) is 0 Å². The molecule has 0 aromatic carbocycles. The van der Waals surface area contributed by atoms with Crippen LogP contribution >= 0.6 is 23.1 Å². The number of aliphatic hydroxyl groups is 2. The maximum absolute atomic E-state index is 12.3. The zero-order valence-electron chi connectivity index (χ0n) is 15.7. The van der Waals surface area contributed by atoms with Gasteiger partial charge in [-0.05, 0) is 18.4 Å². The van der Waals surface area contributed by atoms with E-state index in [-0.39, 0.29) is 42.4 Å². The Bertz CT molecular complexity index is 894. The van der Waals surface area contributed by atoms with Gasteiger partial charge in [-0.3, -0.25) is 9.59 Å². The van der Waals surface area contributed by atoms with Crippen LogP contribution in [0.2, 0.25) is 0 Å². The fourth-order valence-electron chi connectivity index (χ4n) is 3.64. The number of thiazole rings is 1. The van der Waals surface area contributed by atoms with E-state index in [0.29, 0.717) is 9.78 Å². The number of nitrogens with zero attached hydrogens (tertiary/aromatic N) is 2. The summed E-state index contributed by atoms with van der Waals surface area (Å²) in [6.45, 7) is 3.32. The van der Waals surface area contributed by atoms with E-state index in [1.165, 1.54) is 40.4 Å². The van der Waals surface area contributed by atoms with E-state index >= 15 is 0 Å². The Labute approximate surface area is 175 Å². The summed E-state index contributed by atoms with van der Waals surface area (Å²) >= 11 is 2.43. The lowest BCUT2D eigenvalue weighted by molar-refractivity contribution is -0.163. The van der Waals surface area contributed by atoms with Crippen LogP contribution in [0.15, 0.2) is 21.5 Å². The van der Waals surface area contributed by atoms with Crippen molar-refractivity contribution >= 4 is 47.0 Å². The Balaban J connectivity index is 1.79. The summed E-state index contributed by atoms with van der Waals surface area (Å²) in [6.07, 6.45) is 0.817. The maximum atomic E-state index is 12.3. The Morgan fingerprint density at radius 3 is 2.83 bits per heavy atom. The van der Waals surface area contributed by atoms with Gasteiger partial charge in [0.25, 0.3) is 5.91 Å². The molecule has 1 saturated heterocycles. The van der Waals surface area contributed by atoms with Crippen LogP contribution in [-0.2, 0) is 9.59 Å². The second-order valence-electron chi connectivity index (χ2n) is 6.74. The van der Waals surface area contributed by atoms with Crippen molar-refractivity contribution in [2.45, 2.75) is 26.0 Å². The lowest BCUT2D eigenvalue weighted by atomic mass is 9.79. The van der Waals surface area contributed by atoms with Gasteiger partial charge in [0, 0.05) is 17.4 Å². The molecular weight excluding hydrogens is 418 g/mol. The van der Waals surface area contributed by atoms with Crippen LogP contribution in [0.4, 0.5) is 0 Å². The van der Waals surface area contributed by atoms with Crippen LogP contribution in [0.5, 0.6) is 0 Å². The van der Waals surface area contributed by atoms with Gasteiger partial charge in [-0.15, -0.1) is 11.3 Å². The van der Waals surface area contributed by atoms with Crippen molar-refractivity contribution in [3.63, 3.8) is 0 Å². The summed E-state index contributed by atoms with van der Waals surface area (Å²) < 4.78 is 0. The second kappa shape index (κ2) is 8.66. The molecule has 1 fully saturated rings. The number of aromatic nitrogens is 1. The topological polar surface area (TPSA) is 140 Å². The molecule has 4 N–H and O–H groups in total. The van der Waals surface area contributed by atoms with Crippen LogP contribution in [-0.4, -0.2) is 68.3 Å². The van der Waals surface area contributed by atoms with Crippen molar-refractivity contribution in [3.8, 4) is 0 Å². The molecule has 0 saturated carbocycles. The highest BCUT2D eigenvalue weighted by atomic mass is 32.2. The van der Waals surface area contributed by atoms with Crippen molar-refractivity contribution in [2.24, 2.45) is 11.8 Å². The van der Waals surface area contributed by atoms with E-state index in [0.717, 1.165) is 0 Å². The number of nitrogens with one attached hydrogen (secondary N) is 1. The van der Waals surface area contributed by atoms with E-state index < -0.39 is 23.9 Å². The number of rotatable bonds is 8. The zero-order chi connectivity index (χ0) is 21.3. The van der Waals surface area contributed by atoms with Crippen molar-refractivity contribution in [2.75, 3.05) is 13.2 Å². The molecule has 2 amide bonds. The van der Waals surface area contributed by atoms with E-state index in [4.69, 9.17) is 5.11 Å². The molecule has 3 rings (SSSR count). The Morgan fingerprint density at radius 1 is 1.48 bits per heavy atom. The quantitative estimate of drug-likeness (QED) is 0.435. The molecule has 9 nitrogen and oxygen atoms in total. The number of thioether (sulfide) groups is 1. The standard InChI is InChI=1S/C18H21N3O6S2/c1-8-13-11(9(2)23)17(25)21(13)14(18(26)27)15(8)28-6-3-10-12(20-7-29-10)16(24)19-4-5-22/h3,6-9,11,13,22-23H,4-5H2,1-2H3,(H,19,24)(H,26,27)/t8-,9-,11-,13-/m1/s1. The first kappa shape index (κ1) is 21.5.